The second-order valence-corrected chi connectivity index (χ2v) is 5.11. The lowest BCUT2D eigenvalue weighted by Crippen LogP contribution is -2.19. The van der Waals surface area contributed by atoms with Gasteiger partial charge in [-0.25, -0.2) is 9.97 Å². The lowest BCUT2D eigenvalue weighted by atomic mass is 10.3. The molecule has 3 aromatic heterocycles. The zero-order valence-electron chi connectivity index (χ0n) is 12.6. The summed E-state index contributed by atoms with van der Waals surface area (Å²) in [7, 11) is 0. The quantitative estimate of drug-likeness (QED) is 0.710. The van der Waals surface area contributed by atoms with Gasteiger partial charge in [0, 0.05) is 11.8 Å². The molecule has 3 aromatic rings. The number of rotatable bonds is 2. The fraction of sp³-hybridized carbons (Fsp3) is 0.188. The number of pyridine rings is 1. The van der Waals surface area contributed by atoms with Gasteiger partial charge < -0.3 is 4.57 Å². The minimum atomic E-state index is -0.181. The Morgan fingerprint density at radius 1 is 1.17 bits per heavy atom. The summed E-state index contributed by atoms with van der Waals surface area (Å²) in [6, 6.07) is 10.7. The van der Waals surface area contributed by atoms with Crippen molar-refractivity contribution < 1.29 is 0 Å². The lowest BCUT2D eigenvalue weighted by molar-refractivity contribution is 0.729. The molecule has 112 valence electrons. The molecule has 3 heterocycles. The van der Waals surface area contributed by atoms with Gasteiger partial charge in [0.1, 0.15) is 23.6 Å². The molecule has 0 aliphatic heterocycles. The summed E-state index contributed by atoms with van der Waals surface area (Å²) < 4.78 is 3.11. The summed E-state index contributed by atoms with van der Waals surface area (Å²) in [6.45, 7) is 3.76. The Bertz CT molecular complexity index is 1060. The SMILES string of the molecule is Cc1nc(C#N)c(C#N)n1Cc1cc(=O)n2c(C)cccc2n1. The van der Waals surface area contributed by atoms with Crippen molar-refractivity contribution in [3.8, 4) is 12.1 Å². The van der Waals surface area contributed by atoms with Crippen LogP contribution in [0.4, 0.5) is 0 Å². The fourth-order valence-electron chi connectivity index (χ4n) is 2.56. The summed E-state index contributed by atoms with van der Waals surface area (Å²) in [5.41, 5.74) is 1.94. The van der Waals surface area contributed by atoms with Gasteiger partial charge in [0.15, 0.2) is 11.4 Å². The van der Waals surface area contributed by atoms with Crippen LogP contribution in [0.25, 0.3) is 5.65 Å². The second-order valence-electron chi connectivity index (χ2n) is 5.11. The first kappa shape index (κ1) is 14.5. The molecule has 0 aliphatic rings. The molecule has 0 aromatic carbocycles. The topological polar surface area (TPSA) is 99.8 Å². The molecule has 7 heteroatoms. The summed E-state index contributed by atoms with van der Waals surface area (Å²) >= 11 is 0. The normalized spacial score (nSPS) is 10.4. The van der Waals surface area contributed by atoms with Crippen LogP contribution < -0.4 is 5.56 Å². The Hall–Kier alpha value is -3.45. The Morgan fingerprint density at radius 3 is 2.65 bits per heavy atom. The molecule has 0 aliphatic carbocycles. The van der Waals surface area contributed by atoms with Crippen molar-refractivity contribution in [2.75, 3.05) is 0 Å². The van der Waals surface area contributed by atoms with E-state index in [1.54, 1.807) is 17.6 Å². The number of fused-ring (bicyclic) bond motifs is 1. The summed E-state index contributed by atoms with van der Waals surface area (Å²) in [5, 5.41) is 18.3. The number of imidazole rings is 1. The monoisotopic (exact) mass is 304 g/mol. The van der Waals surface area contributed by atoms with Crippen molar-refractivity contribution >= 4 is 5.65 Å². The zero-order valence-corrected chi connectivity index (χ0v) is 12.6. The first-order valence-corrected chi connectivity index (χ1v) is 6.90. The number of nitrogens with zero attached hydrogens (tertiary/aromatic N) is 6. The van der Waals surface area contributed by atoms with Crippen LogP contribution >= 0.6 is 0 Å². The molecule has 0 radical (unpaired) electrons. The van der Waals surface area contributed by atoms with Crippen molar-refractivity contribution in [3.05, 3.63) is 63.2 Å². The highest BCUT2D eigenvalue weighted by atomic mass is 16.1. The van der Waals surface area contributed by atoms with Gasteiger partial charge in [-0.1, -0.05) is 6.07 Å². The molecule has 0 atom stereocenters. The van der Waals surface area contributed by atoms with Gasteiger partial charge in [0.05, 0.1) is 12.2 Å². The molecule has 0 fully saturated rings. The number of hydrogen-bond acceptors (Lipinski definition) is 5. The minimum Gasteiger partial charge on any atom is -0.313 e. The molecular formula is C16H12N6O. The summed E-state index contributed by atoms with van der Waals surface area (Å²) in [6.07, 6.45) is 0. The highest BCUT2D eigenvalue weighted by molar-refractivity contribution is 5.41. The zero-order chi connectivity index (χ0) is 16.6. The molecule has 0 amide bonds. The maximum absolute atomic E-state index is 12.3. The molecule has 0 spiro atoms. The molecule has 23 heavy (non-hydrogen) atoms. The third-order valence-electron chi connectivity index (χ3n) is 3.62. The Kier molecular flexibility index (Phi) is 3.40. The van der Waals surface area contributed by atoms with E-state index >= 15 is 0 Å². The number of aromatic nitrogens is 4. The van der Waals surface area contributed by atoms with Crippen LogP contribution in [0, 0.1) is 36.5 Å². The second kappa shape index (κ2) is 5.39. The lowest BCUT2D eigenvalue weighted by Gasteiger charge is -2.08. The first-order valence-electron chi connectivity index (χ1n) is 6.90. The van der Waals surface area contributed by atoms with Gasteiger partial charge in [0.2, 0.25) is 0 Å². The number of nitriles is 2. The van der Waals surface area contributed by atoms with E-state index in [0.717, 1.165) is 5.69 Å². The van der Waals surface area contributed by atoms with E-state index in [9.17, 15) is 10.1 Å². The molecule has 7 nitrogen and oxygen atoms in total. The van der Waals surface area contributed by atoms with Crippen molar-refractivity contribution in [1.82, 2.24) is 18.9 Å². The van der Waals surface area contributed by atoms with E-state index in [-0.39, 0.29) is 23.5 Å². The third-order valence-corrected chi connectivity index (χ3v) is 3.62. The predicted octanol–water partition coefficient (Wildman–Crippen LogP) is 1.30. The van der Waals surface area contributed by atoms with E-state index in [2.05, 4.69) is 9.97 Å². The Labute approximate surface area is 131 Å². The molecule has 0 saturated heterocycles. The van der Waals surface area contributed by atoms with Crippen LogP contribution in [0.5, 0.6) is 0 Å². The maximum Gasteiger partial charge on any atom is 0.258 e. The first-order chi connectivity index (χ1) is 11.0. The van der Waals surface area contributed by atoms with Crippen LogP contribution in [0.15, 0.2) is 29.1 Å². The number of aryl methyl sites for hydroxylation is 2. The van der Waals surface area contributed by atoms with Crippen molar-refractivity contribution in [2.45, 2.75) is 20.4 Å². The summed E-state index contributed by atoms with van der Waals surface area (Å²) in [4.78, 5) is 20.8. The molecule has 3 rings (SSSR count). The molecule has 0 unspecified atom stereocenters. The van der Waals surface area contributed by atoms with Gasteiger partial charge in [-0.05, 0) is 26.0 Å². The van der Waals surface area contributed by atoms with Gasteiger partial charge in [0.25, 0.3) is 5.56 Å². The highest BCUT2D eigenvalue weighted by Crippen LogP contribution is 2.12. The maximum atomic E-state index is 12.3. The molecule has 0 bridgehead atoms. The van der Waals surface area contributed by atoms with Crippen LogP contribution in [-0.4, -0.2) is 18.9 Å². The molecule has 0 saturated carbocycles. The van der Waals surface area contributed by atoms with Gasteiger partial charge in [-0.2, -0.15) is 10.5 Å². The van der Waals surface area contributed by atoms with Gasteiger partial charge >= 0.3 is 0 Å². The average molecular weight is 304 g/mol. The van der Waals surface area contributed by atoms with E-state index in [0.29, 0.717) is 17.2 Å². The predicted molar refractivity (Wildman–Crippen MR) is 81.7 cm³/mol. The standard InChI is InChI=1S/C16H12N6O/c1-10-4-3-5-15-20-12(6-16(23)22(10)15)9-21-11(2)19-13(7-17)14(21)8-18/h3-6H,9H2,1-2H3. The summed E-state index contributed by atoms with van der Waals surface area (Å²) in [5.74, 6) is 0.532. The van der Waals surface area contributed by atoms with Gasteiger partial charge in [-0.3, -0.25) is 9.20 Å². The van der Waals surface area contributed by atoms with E-state index in [1.807, 2.05) is 31.2 Å². The van der Waals surface area contributed by atoms with Crippen LogP contribution in [-0.2, 0) is 6.54 Å². The highest BCUT2D eigenvalue weighted by Gasteiger charge is 2.15. The smallest absolute Gasteiger partial charge is 0.258 e. The molecule has 0 N–H and O–H groups in total. The minimum absolute atomic E-state index is 0.0818. The van der Waals surface area contributed by atoms with Crippen molar-refractivity contribution in [3.63, 3.8) is 0 Å². The molecular weight excluding hydrogens is 292 g/mol. The van der Waals surface area contributed by atoms with E-state index in [4.69, 9.17) is 5.26 Å². The largest absolute Gasteiger partial charge is 0.313 e. The van der Waals surface area contributed by atoms with E-state index < -0.39 is 0 Å². The van der Waals surface area contributed by atoms with Crippen LogP contribution in [0.3, 0.4) is 0 Å². The number of hydrogen-bond donors (Lipinski definition) is 0. The van der Waals surface area contributed by atoms with Crippen LogP contribution in [0.1, 0.15) is 28.6 Å². The fourth-order valence-corrected chi connectivity index (χ4v) is 2.56. The Balaban J connectivity index is 2.14. The van der Waals surface area contributed by atoms with Crippen LogP contribution in [0.2, 0.25) is 0 Å². The average Bonchev–Trinajstić information content (AvgIpc) is 2.82. The van der Waals surface area contributed by atoms with Crippen molar-refractivity contribution in [2.24, 2.45) is 0 Å². The van der Waals surface area contributed by atoms with Crippen molar-refractivity contribution in [1.29, 1.82) is 10.5 Å². The van der Waals surface area contributed by atoms with Gasteiger partial charge in [-0.15, -0.1) is 0 Å². The Morgan fingerprint density at radius 2 is 1.96 bits per heavy atom. The van der Waals surface area contributed by atoms with E-state index in [1.165, 1.54) is 10.5 Å². The third kappa shape index (κ3) is 2.34.